The Bertz CT molecular complexity index is 466. The first kappa shape index (κ1) is 18.0. The maximum atomic E-state index is 2.47. The molecule has 1 heterocycles. The molecular formula is C18H29ClN2. The van der Waals surface area contributed by atoms with Crippen molar-refractivity contribution in [3.63, 3.8) is 0 Å². The van der Waals surface area contributed by atoms with Gasteiger partial charge in [0.1, 0.15) is 18.8 Å². The van der Waals surface area contributed by atoms with Gasteiger partial charge < -0.3 is 12.4 Å². The molecule has 0 unspecified atom stereocenters. The van der Waals surface area contributed by atoms with E-state index in [-0.39, 0.29) is 12.4 Å². The summed E-state index contributed by atoms with van der Waals surface area (Å²) in [6, 6.07) is 6.80. The normalized spacial score (nSPS) is 14.6. The molecule has 2 rings (SSSR count). The van der Waals surface area contributed by atoms with Crippen molar-refractivity contribution in [3.8, 4) is 0 Å². The molecule has 0 amide bonds. The fourth-order valence-electron chi connectivity index (χ4n) is 3.02. The van der Waals surface area contributed by atoms with Crippen LogP contribution in [0.25, 0.3) is 0 Å². The molecule has 0 saturated carbocycles. The van der Waals surface area contributed by atoms with Crippen molar-refractivity contribution in [1.82, 2.24) is 0 Å². The van der Waals surface area contributed by atoms with Gasteiger partial charge >= 0.3 is 0 Å². The number of benzene rings is 1. The van der Waals surface area contributed by atoms with E-state index < -0.39 is 0 Å². The van der Waals surface area contributed by atoms with E-state index in [1.807, 2.05) is 0 Å². The van der Waals surface area contributed by atoms with Crippen molar-refractivity contribution in [1.29, 1.82) is 0 Å². The van der Waals surface area contributed by atoms with Crippen LogP contribution in [0.3, 0.4) is 0 Å². The highest BCUT2D eigenvalue weighted by Crippen LogP contribution is 2.35. The fourth-order valence-corrected chi connectivity index (χ4v) is 3.02. The van der Waals surface area contributed by atoms with Crippen LogP contribution in [0.5, 0.6) is 0 Å². The van der Waals surface area contributed by atoms with Gasteiger partial charge in [0.2, 0.25) is 6.34 Å². The van der Waals surface area contributed by atoms with Crippen molar-refractivity contribution in [3.05, 3.63) is 29.3 Å². The van der Waals surface area contributed by atoms with Gasteiger partial charge in [-0.2, -0.15) is 0 Å². The van der Waals surface area contributed by atoms with E-state index >= 15 is 0 Å². The average Bonchev–Trinajstić information content (AvgIpc) is 2.86. The molecule has 0 aliphatic carbocycles. The molecule has 0 aromatic heterocycles. The number of para-hydroxylation sites is 1. The molecule has 1 aromatic rings. The van der Waals surface area contributed by atoms with Crippen molar-refractivity contribution < 1.29 is 17.0 Å². The highest BCUT2D eigenvalue weighted by atomic mass is 35.5. The molecule has 1 aliphatic heterocycles. The molecule has 2 nitrogen and oxygen atoms in total. The Morgan fingerprint density at radius 3 is 2.14 bits per heavy atom. The summed E-state index contributed by atoms with van der Waals surface area (Å²) in [5.41, 5.74) is 4.41. The van der Waals surface area contributed by atoms with E-state index in [0.717, 1.165) is 19.6 Å². The lowest BCUT2D eigenvalue weighted by Crippen LogP contribution is -3.00. The zero-order valence-electron chi connectivity index (χ0n) is 14.1. The minimum atomic E-state index is 0. The molecule has 118 valence electrons. The summed E-state index contributed by atoms with van der Waals surface area (Å²) >= 11 is 0. The molecule has 1 aromatic carbocycles. The summed E-state index contributed by atoms with van der Waals surface area (Å²) in [6.07, 6.45) is 3.55. The largest absolute Gasteiger partial charge is 1.00 e. The van der Waals surface area contributed by atoms with Gasteiger partial charge in [-0.3, -0.25) is 4.58 Å². The van der Waals surface area contributed by atoms with Gasteiger partial charge in [-0.1, -0.05) is 52.8 Å². The van der Waals surface area contributed by atoms with Gasteiger partial charge in [0.15, 0.2) is 0 Å². The Morgan fingerprint density at radius 1 is 1.10 bits per heavy atom. The third kappa shape index (κ3) is 4.00. The monoisotopic (exact) mass is 308 g/mol. The number of rotatable bonds is 5. The lowest BCUT2D eigenvalue weighted by Gasteiger charge is -2.20. The van der Waals surface area contributed by atoms with Crippen LogP contribution >= 0.6 is 0 Å². The molecule has 0 spiro atoms. The van der Waals surface area contributed by atoms with E-state index in [2.05, 4.69) is 68.6 Å². The molecule has 0 bridgehead atoms. The highest BCUT2D eigenvalue weighted by molar-refractivity contribution is 5.81. The Kier molecular flexibility index (Phi) is 6.73. The van der Waals surface area contributed by atoms with Crippen LogP contribution in [0.1, 0.15) is 64.0 Å². The second-order valence-electron chi connectivity index (χ2n) is 6.44. The second-order valence-corrected chi connectivity index (χ2v) is 6.44. The smallest absolute Gasteiger partial charge is 0.239 e. The first-order valence-corrected chi connectivity index (χ1v) is 8.03. The molecule has 0 atom stereocenters. The third-order valence-electron chi connectivity index (χ3n) is 4.07. The van der Waals surface area contributed by atoms with Crippen LogP contribution in [0.2, 0.25) is 0 Å². The maximum Gasteiger partial charge on any atom is 0.239 e. The summed E-state index contributed by atoms with van der Waals surface area (Å²) in [5.74, 6) is 1.13. The molecule has 1 aliphatic rings. The van der Waals surface area contributed by atoms with Crippen molar-refractivity contribution in [2.24, 2.45) is 0 Å². The van der Waals surface area contributed by atoms with Crippen molar-refractivity contribution in [2.45, 2.75) is 52.9 Å². The zero-order valence-corrected chi connectivity index (χ0v) is 14.8. The molecule has 3 heteroatoms. The maximum absolute atomic E-state index is 2.47. The van der Waals surface area contributed by atoms with Crippen molar-refractivity contribution in [2.75, 3.05) is 24.5 Å². The molecule has 0 saturated heterocycles. The van der Waals surface area contributed by atoms with Crippen LogP contribution in [0.15, 0.2) is 18.2 Å². The van der Waals surface area contributed by atoms with Gasteiger partial charge in [0, 0.05) is 11.1 Å². The lowest BCUT2D eigenvalue weighted by molar-refractivity contribution is -0.513. The molecule has 0 fully saturated rings. The minimum absolute atomic E-state index is 0. The van der Waals surface area contributed by atoms with Crippen LogP contribution < -0.4 is 17.3 Å². The SMILES string of the molecule is CCC[N+]1=CN(c2c(C(C)C)cccc2C(C)C)CC1.[Cl-]. The predicted molar refractivity (Wildman–Crippen MR) is 88.3 cm³/mol. The van der Waals surface area contributed by atoms with Gasteiger partial charge in [0.05, 0.1) is 6.54 Å². The number of hydrogen-bond acceptors (Lipinski definition) is 1. The third-order valence-corrected chi connectivity index (χ3v) is 4.07. The number of nitrogens with zero attached hydrogens (tertiary/aromatic N) is 2. The van der Waals surface area contributed by atoms with E-state index in [4.69, 9.17) is 0 Å². The minimum Gasteiger partial charge on any atom is -1.00 e. The quantitative estimate of drug-likeness (QED) is 0.741. The topological polar surface area (TPSA) is 6.25 Å². The standard InChI is InChI=1S/C18H29N2.ClH/c1-6-10-19-11-12-20(13-19)18-16(14(2)3)8-7-9-17(18)15(4)5;/h7-9,13-15H,6,10-12H2,1-5H3;1H/q+1;/p-1. The zero-order chi connectivity index (χ0) is 14.7. The second kappa shape index (κ2) is 7.84. The molecule has 0 radical (unpaired) electrons. The highest BCUT2D eigenvalue weighted by Gasteiger charge is 2.27. The Hall–Kier alpha value is -1.02. The van der Waals surface area contributed by atoms with Crippen LogP contribution in [-0.4, -0.2) is 30.5 Å². The Morgan fingerprint density at radius 2 is 1.67 bits per heavy atom. The lowest BCUT2D eigenvalue weighted by atomic mass is 9.92. The van der Waals surface area contributed by atoms with Gasteiger partial charge in [-0.15, -0.1) is 0 Å². The van der Waals surface area contributed by atoms with Crippen LogP contribution in [0.4, 0.5) is 5.69 Å². The number of anilines is 1. The van der Waals surface area contributed by atoms with Crippen LogP contribution in [-0.2, 0) is 0 Å². The first-order chi connectivity index (χ1) is 9.54. The van der Waals surface area contributed by atoms with E-state index in [1.165, 1.54) is 23.2 Å². The van der Waals surface area contributed by atoms with Crippen molar-refractivity contribution >= 4 is 12.0 Å². The summed E-state index contributed by atoms with van der Waals surface area (Å²) in [6.45, 7) is 14.9. The van der Waals surface area contributed by atoms with E-state index in [0.29, 0.717) is 11.8 Å². The number of hydrogen-bond donors (Lipinski definition) is 0. The summed E-state index contributed by atoms with van der Waals surface area (Å²) in [5, 5.41) is 0. The fraction of sp³-hybridized carbons (Fsp3) is 0.611. The van der Waals surface area contributed by atoms with Gasteiger partial charge in [-0.05, 0) is 18.3 Å². The van der Waals surface area contributed by atoms with E-state index in [9.17, 15) is 0 Å². The van der Waals surface area contributed by atoms with E-state index in [1.54, 1.807) is 0 Å². The predicted octanol–water partition coefficient (Wildman–Crippen LogP) is 1.21. The summed E-state index contributed by atoms with van der Waals surface area (Å²) in [4.78, 5) is 2.47. The molecular weight excluding hydrogens is 280 g/mol. The Labute approximate surface area is 136 Å². The van der Waals surface area contributed by atoms with Crippen LogP contribution in [0, 0.1) is 0 Å². The molecule has 0 N–H and O–H groups in total. The summed E-state index contributed by atoms with van der Waals surface area (Å²) < 4.78 is 2.45. The summed E-state index contributed by atoms with van der Waals surface area (Å²) in [7, 11) is 0. The number of halogens is 1. The Balaban J connectivity index is 0.00000220. The average molecular weight is 309 g/mol. The molecule has 21 heavy (non-hydrogen) atoms. The first-order valence-electron chi connectivity index (χ1n) is 8.03. The van der Waals surface area contributed by atoms with Gasteiger partial charge in [0.25, 0.3) is 0 Å². The van der Waals surface area contributed by atoms with Gasteiger partial charge in [-0.25, -0.2) is 4.90 Å².